The molecular formula is C26H29N3O4S. The number of benzene rings is 3. The Morgan fingerprint density at radius 2 is 1.53 bits per heavy atom. The summed E-state index contributed by atoms with van der Waals surface area (Å²) in [5.41, 5.74) is 3.96. The zero-order valence-electron chi connectivity index (χ0n) is 19.3. The van der Waals surface area contributed by atoms with Gasteiger partial charge in [-0.2, -0.15) is 0 Å². The molecule has 1 fully saturated rings. The number of para-hydroxylation sites is 1. The molecule has 0 aliphatic carbocycles. The summed E-state index contributed by atoms with van der Waals surface area (Å²) in [4.78, 5) is 17.2. The maximum absolute atomic E-state index is 13.0. The van der Waals surface area contributed by atoms with Crippen molar-refractivity contribution < 1.29 is 18.3 Å². The number of aryl methyl sites for hydroxylation is 1. The number of nitrogens with one attached hydrogen (secondary N) is 1. The molecule has 3 aromatic carbocycles. The molecule has 1 atom stereocenters. The Morgan fingerprint density at radius 3 is 2.12 bits per heavy atom. The minimum Gasteiger partial charge on any atom is -0.389 e. The number of piperazine rings is 1. The number of sulfonamides is 1. The third kappa shape index (κ3) is 5.24. The van der Waals surface area contributed by atoms with E-state index < -0.39 is 16.1 Å². The molecule has 3 aromatic rings. The van der Waals surface area contributed by atoms with Crippen molar-refractivity contribution in [2.24, 2.45) is 0 Å². The van der Waals surface area contributed by atoms with Crippen molar-refractivity contribution in [3.8, 4) is 0 Å². The number of aliphatic hydroxyl groups is 1. The molecule has 1 saturated heterocycles. The SMILES string of the molecule is Cc1ccccc1N1CCN(C(=O)c2ccc(NS(=O)(=O)c3ccc(C(C)O)cc3)cc2)CC1. The Kier molecular flexibility index (Phi) is 6.90. The van der Waals surface area contributed by atoms with E-state index in [2.05, 4.69) is 28.7 Å². The van der Waals surface area contributed by atoms with Gasteiger partial charge < -0.3 is 14.9 Å². The van der Waals surface area contributed by atoms with E-state index in [1.807, 2.05) is 17.0 Å². The van der Waals surface area contributed by atoms with Crippen molar-refractivity contribution in [1.29, 1.82) is 0 Å². The fraction of sp³-hybridized carbons (Fsp3) is 0.269. The predicted molar refractivity (Wildman–Crippen MR) is 134 cm³/mol. The smallest absolute Gasteiger partial charge is 0.261 e. The van der Waals surface area contributed by atoms with Crippen molar-refractivity contribution >= 4 is 27.3 Å². The number of hydrogen-bond acceptors (Lipinski definition) is 5. The summed E-state index contributed by atoms with van der Waals surface area (Å²) in [6.45, 7) is 6.50. The number of rotatable bonds is 6. The fourth-order valence-electron chi connectivity index (χ4n) is 4.07. The summed E-state index contributed by atoms with van der Waals surface area (Å²) in [6.07, 6.45) is -0.666. The molecule has 1 amide bonds. The Morgan fingerprint density at radius 1 is 0.912 bits per heavy atom. The Balaban J connectivity index is 1.38. The standard InChI is InChI=1S/C26H29N3O4S/c1-19-5-3-4-6-25(19)28-15-17-29(18-16-28)26(31)22-7-11-23(12-8-22)27-34(32,33)24-13-9-21(10-14-24)20(2)30/h3-14,20,27,30H,15-18H2,1-2H3. The van der Waals surface area contributed by atoms with Gasteiger partial charge in [-0.25, -0.2) is 8.42 Å². The number of hydrogen-bond donors (Lipinski definition) is 2. The first-order valence-electron chi connectivity index (χ1n) is 11.3. The van der Waals surface area contributed by atoms with Gasteiger partial charge in [-0.05, 0) is 67.4 Å². The van der Waals surface area contributed by atoms with Crippen molar-refractivity contribution in [1.82, 2.24) is 4.90 Å². The van der Waals surface area contributed by atoms with Crippen LogP contribution in [0.1, 0.15) is 34.5 Å². The molecule has 1 unspecified atom stereocenters. The molecule has 4 rings (SSSR count). The first-order chi connectivity index (χ1) is 16.2. The van der Waals surface area contributed by atoms with Crippen LogP contribution in [-0.4, -0.2) is 50.5 Å². The zero-order chi connectivity index (χ0) is 24.3. The highest BCUT2D eigenvalue weighted by atomic mass is 32.2. The molecule has 2 N–H and O–H groups in total. The Bertz CT molecular complexity index is 1250. The molecule has 0 aromatic heterocycles. The van der Waals surface area contributed by atoms with Crippen LogP contribution < -0.4 is 9.62 Å². The van der Waals surface area contributed by atoms with Gasteiger partial charge in [-0.1, -0.05) is 30.3 Å². The van der Waals surface area contributed by atoms with E-state index in [1.54, 1.807) is 43.3 Å². The van der Waals surface area contributed by atoms with Gasteiger partial charge in [-0.15, -0.1) is 0 Å². The number of carbonyl (C=O) groups is 1. The quantitative estimate of drug-likeness (QED) is 0.561. The van der Waals surface area contributed by atoms with Gasteiger partial charge in [0.05, 0.1) is 11.0 Å². The summed E-state index contributed by atoms with van der Waals surface area (Å²) in [7, 11) is -3.78. The van der Waals surface area contributed by atoms with Crippen molar-refractivity contribution in [2.45, 2.75) is 24.8 Å². The molecule has 34 heavy (non-hydrogen) atoms. The van der Waals surface area contributed by atoms with Crippen LogP contribution in [0.2, 0.25) is 0 Å². The molecule has 1 aliphatic rings. The lowest BCUT2D eigenvalue weighted by Crippen LogP contribution is -2.49. The molecule has 0 saturated carbocycles. The maximum atomic E-state index is 13.0. The minimum absolute atomic E-state index is 0.0625. The summed E-state index contributed by atoms with van der Waals surface area (Å²) in [6, 6.07) is 20.8. The average molecular weight is 480 g/mol. The zero-order valence-corrected chi connectivity index (χ0v) is 20.1. The molecular weight excluding hydrogens is 450 g/mol. The molecule has 0 bridgehead atoms. The van der Waals surface area contributed by atoms with Gasteiger partial charge in [0.1, 0.15) is 0 Å². The topological polar surface area (TPSA) is 90.0 Å². The maximum Gasteiger partial charge on any atom is 0.261 e. The van der Waals surface area contributed by atoms with E-state index in [1.165, 1.54) is 23.4 Å². The second-order valence-corrected chi connectivity index (χ2v) is 10.2. The monoisotopic (exact) mass is 479 g/mol. The second-order valence-electron chi connectivity index (χ2n) is 8.49. The molecule has 8 heteroatoms. The van der Waals surface area contributed by atoms with E-state index in [0.717, 1.165) is 13.1 Å². The summed E-state index contributed by atoms with van der Waals surface area (Å²) < 4.78 is 27.9. The van der Waals surface area contributed by atoms with E-state index >= 15 is 0 Å². The van der Waals surface area contributed by atoms with Gasteiger partial charge in [-0.3, -0.25) is 9.52 Å². The first-order valence-corrected chi connectivity index (χ1v) is 12.7. The fourth-order valence-corrected chi connectivity index (χ4v) is 5.13. The lowest BCUT2D eigenvalue weighted by molar-refractivity contribution is 0.0747. The Labute approximate surface area is 200 Å². The lowest BCUT2D eigenvalue weighted by Gasteiger charge is -2.36. The van der Waals surface area contributed by atoms with Crippen molar-refractivity contribution in [2.75, 3.05) is 35.8 Å². The van der Waals surface area contributed by atoms with Crippen molar-refractivity contribution in [3.05, 3.63) is 89.5 Å². The molecule has 1 aliphatic heterocycles. The number of anilines is 2. The molecule has 1 heterocycles. The van der Waals surface area contributed by atoms with Gasteiger partial charge in [0.25, 0.3) is 15.9 Å². The largest absolute Gasteiger partial charge is 0.389 e. The minimum atomic E-state index is -3.78. The van der Waals surface area contributed by atoms with Crippen LogP contribution in [0.3, 0.4) is 0 Å². The van der Waals surface area contributed by atoms with Crippen LogP contribution in [0.25, 0.3) is 0 Å². The van der Waals surface area contributed by atoms with E-state index in [-0.39, 0.29) is 10.8 Å². The van der Waals surface area contributed by atoms with E-state index in [0.29, 0.717) is 29.9 Å². The average Bonchev–Trinajstić information content (AvgIpc) is 2.84. The van der Waals surface area contributed by atoms with Gasteiger partial charge in [0.15, 0.2) is 0 Å². The molecule has 0 radical (unpaired) electrons. The lowest BCUT2D eigenvalue weighted by atomic mass is 10.1. The van der Waals surface area contributed by atoms with Crippen LogP contribution in [0.15, 0.2) is 77.7 Å². The summed E-state index contributed by atoms with van der Waals surface area (Å²) in [5.74, 6) is -0.0625. The molecule has 0 spiro atoms. The predicted octanol–water partition coefficient (Wildman–Crippen LogP) is 3.81. The second kappa shape index (κ2) is 9.87. The number of carbonyl (C=O) groups excluding carboxylic acids is 1. The summed E-state index contributed by atoms with van der Waals surface area (Å²) >= 11 is 0. The van der Waals surface area contributed by atoms with Crippen LogP contribution >= 0.6 is 0 Å². The van der Waals surface area contributed by atoms with E-state index in [9.17, 15) is 18.3 Å². The van der Waals surface area contributed by atoms with Gasteiger partial charge >= 0.3 is 0 Å². The molecule has 7 nitrogen and oxygen atoms in total. The first kappa shape index (κ1) is 23.8. The van der Waals surface area contributed by atoms with Gasteiger partial charge in [0, 0.05) is 43.1 Å². The highest BCUT2D eigenvalue weighted by Gasteiger charge is 2.23. The van der Waals surface area contributed by atoms with Crippen molar-refractivity contribution in [3.63, 3.8) is 0 Å². The van der Waals surface area contributed by atoms with Crippen LogP contribution in [0.5, 0.6) is 0 Å². The number of nitrogens with zero attached hydrogens (tertiary/aromatic N) is 2. The number of aliphatic hydroxyl groups excluding tert-OH is 1. The molecule has 178 valence electrons. The van der Waals surface area contributed by atoms with Gasteiger partial charge in [0.2, 0.25) is 0 Å². The normalized spacial score (nSPS) is 15.1. The Hall–Kier alpha value is -3.36. The third-order valence-corrected chi connectivity index (χ3v) is 7.48. The van der Waals surface area contributed by atoms with Crippen LogP contribution in [-0.2, 0) is 10.0 Å². The third-order valence-electron chi connectivity index (χ3n) is 6.08. The van der Waals surface area contributed by atoms with Crippen LogP contribution in [0.4, 0.5) is 11.4 Å². The summed E-state index contributed by atoms with van der Waals surface area (Å²) in [5, 5.41) is 9.60. The van der Waals surface area contributed by atoms with Crippen LogP contribution in [0, 0.1) is 6.92 Å². The van der Waals surface area contributed by atoms with E-state index in [4.69, 9.17) is 0 Å². The highest BCUT2D eigenvalue weighted by molar-refractivity contribution is 7.92. The highest BCUT2D eigenvalue weighted by Crippen LogP contribution is 2.23. The number of amides is 1.